The van der Waals surface area contributed by atoms with E-state index < -0.39 is 5.97 Å². The second-order valence-electron chi connectivity index (χ2n) is 3.54. The summed E-state index contributed by atoms with van der Waals surface area (Å²) in [5.74, 6) is -0.684. The van der Waals surface area contributed by atoms with Crippen LogP contribution in [0.2, 0.25) is 5.02 Å². The first-order chi connectivity index (χ1) is 9.62. The topological polar surface area (TPSA) is 83.4 Å². The Morgan fingerprint density at radius 2 is 2.30 bits per heavy atom. The molecule has 6 nitrogen and oxygen atoms in total. The van der Waals surface area contributed by atoms with Gasteiger partial charge in [-0.1, -0.05) is 11.6 Å². The smallest absolute Gasteiger partial charge is 0.350 e. The number of hydrogen-bond acceptors (Lipinski definition) is 6. The van der Waals surface area contributed by atoms with Gasteiger partial charge in [0.05, 0.1) is 30.1 Å². The average Bonchev–Trinajstić information content (AvgIpc) is 2.42. The third-order valence-corrected chi connectivity index (χ3v) is 2.49. The quantitative estimate of drug-likeness (QED) is 0.363. The van der Waals surface area contributed by atoms with Crippen LogP contribution in [0.3, 0.4) is 0 Å². The van der Waals surface area contributed by atoms with Crippen LogP contribution in [0.25, 0.3) is 0 Å². The number of anilines is 2. The van der Waals surface area contributed by atoms with Crippen LogP contribution in [0, 0.1) is 11.3 Å². The molecular weight excluding hydrogens is 282 g/mol. The molecule has 0 spiro atoms. The standard InChI is InChI=1S/C13H14ClN3O3/c1-3-20-13(18)9(7-15)8-16-12-5-4-10(17-19-2)6-11(12)14/h4-6,8,16-17H,3H2,1-2H3/b9-8-. The van der Waals surface area contributed by atoms with Crippen LogP contribution >= 0.6 is 11.6 Å². The van der Waals surface area contributed by atoms with Gasteiger partial charge in [0.2, 0.25) is 0 Å². The van der Waals surface area contributed by atoms with Crippen molar-refractivity contribution in [1.29, 1.82) is 5.26 Å². The van der Waals surface area contributed by atoms with Gasteiger partial charge in [0.1, 0.15) is 6.07 Å². The molecule has 0 aliphatic carbocycles. The molecule has 0 amide bonds. The Morgan fingerprint density at radius 3 is 2.85 bits per heavy atom. The maximum atomic E-state index is 11.4. The summed E-state index contributed by atoms with van der Waals surface area (Å²) in [6.07, 6.45) is 1.25. The molecule has 0 radical (unpaired) electrons. The summed E-state index contributed by atoms with van der Waals surface area (Å²) in [6, 6.07) is 6.80. The minimum Gasteiger partial charge on any atom is -0.462 e. The Balaban J connectivity index is 2.83. The number of rotatable bonds is 6. The van der Waals surface area contributed by atoms with E-state index in [4.69, 9.17) is 26.4 Å². The van der Waals surface area contributed by atoms with Gasteiger partial charge in [-0.15, -0.1) is 0 Å². The van der Waals surface area contributed by atoms with Crippen LogP contribution in [-0.4, -0.2) is 19.7 Å². The molecule has 0 aromatic heterocycles. The van der Waals surface area contributed by atoms with Gasteiger partial charge < -0.3 is 10.1 Å². The van der Waals surface area contributed by atoms with E-state index in [0.717, 1.165) is 0 Å². The van der Waals surface area contributed by atoms with Crippen molar-refractivity contribution in [2.45, 2.75) is 6.92 Å². The molecular formula is C13H14ClN3O3. The van der Waals surface area contributed by atoms with E-state index in [1.807, 2.05) is 0 Å². The van der Waals surface area contributed by atoms with Gasteiger partial charge in [-0.2, -0.15) is 5.26 Å². The zero-order valence-corrected chi connectivity index (χ0v) is 11.8. The van der Waals surface area contributed by atoms with Gasteiger partial charge in [-0.25, -0.2) is 4.79 Å². The van der Waals surface area contributed by atoms with Crippen molar-refractivity contribution < 1.29 is 14.4 Å². The molecule has 0 bridgehead atoms. The predicted molar refractivity (Wildman–Crippen MR) is 76.0 cm³/mol. The van der Waals surface area contributed by atoms with Gasteiger partial charge in [-0.05, 0) is 25.1 Å². The van der Waals surface area contributed by atoms with Gasteiger partial charge in [0, 0.05) is 6.20 Å². The van der Waals surface area contributed by atoms with Crippen molar-refractivity contribution in [3.8, 4) is 6.07 Å². The van der Waals surface area contributed by atoms with Gasteiger partial charge in [0.25, 0.3) is 0 Å². The number of carbonyl (C=O) groups excluding carboxylic acids is 1. The molecule has 106 valence electrons. The highest BCUT2D eigenvalue weighted by molar-refractivity contribution is 6.33. The molecule has 0 aliphatic rings. The SMILES string of the molecule is CCOC(=O)/C(C#N)=C\Nc1ccc(NOC)cc1Cl. The Bertz CT molecular complexity index is 552. The summed E-state index contributed by atoms with van der Waals surface area (Å²) in [6.45, 7) is 1.87. The summed E-state index contributed by atoms with van der Waals surface area (Å²) < 4.78 is 4.74. The molecule has 1 aromatic carbocycles. The molecule has 0 aliphatic heterocycles. The highest BCUT2D eigenvalue weighted by Crippen LogP contribution is 2.25. The normalized spacial score (nSPS) is 10.6. The van der Waals surface area contributed by atoms with Crippen molar-refractivity contribution >= 4 is 28.9 Å². The fraction of sp³-hybridized carbons (Fsp3) is 0.231. The van der Waals surface area contributed by atoms with Gasteiger partial charge in [-0.3, -0.25) is 10.3 Å². The number of nitrogens with zero attached hydrogens (tertiary/aromatic N) is 1. The van der Waals surface area contributed by atoms with E-state index in [-0.39, 0.29) is 12.2 Å². The number of nitrogens with one attached hydrogen (secondary N) is 2. The monoisotopic (exact) mass is 295 g/mol. The summed E-state index contributed by atoms with van der Waals surface area (Å²) in [7, 11) is 1.49. The number of ether oxygens (including phenoxy) is 1. The lowest BCUT2D eigenvalue weighted by Crippen LogP contribution is -2.08. The minimum atomic E-state index is -0.684. The molecule has 1 rings (SSSR count). The zero-order chi connectivity index (χ0) is 15.0. The maximum absolute atomic E-state index is 11.4. The van der Waals surface area contributed by atoms with Crippen LogP contribution in [0.4, 0.5) is 11.4 Å². The number of nitriles is 1. The third-order valence-electron chi connectivity index (χ3n) is 2.18. The predicted octanol–water partition coefficient (Wildman–Crippen LogP) is 2.70. The first kappa shape index (κ1) is 15.8. The highest BCUT2D eigenvalue weighted by atomic mass is 35.5. The number of benzene rings is 1. The third kappa shape index (κ3) is 4.46. The Kier molecular flexibility index (Phi) is 6.37. The zero-order valence-electron chi connectivity index (χ0n) is 11.1. The molecule has 20 heavy (non-hydrogen) atoms. The number of carbonyl (C=O) groups is 1. The second-order valence-corrected chi connectivity index (χ2v) is 3.94. The fourth-order valence-electron chi connectivity index (χ4n) is 1.31. The molecule has 1 aromatic rings. The van der Waals surface area contributed by atoms with Crippen molar-refractivity contribution in [2.24, 2.45) is 0 Å². The lowest BCUT2D eigenvalue weighted by molar-refractivity contribution is -0.138. The van der Waals surface area contributed by atoms with Crippen molar-refractivity contribution in [2.75, 3.05) is 24.5 Å². The number of hydrogen-bond donors (Lipinski definition) is 2. The van der Waals surface area contributed by atoms with Crippen LogP contribution in [0.1, 0.15) is 6.92 Å². The summed E-state index contributed by atoms with van der Waals surface area (Å²) in [5, 5.41) is 12.1. The summed E-state index contributed by atoms with van der Waals surface area (Å²) >= 11 is 6.05. The van der Waals surface area contributed by atoms with E-state index in [9.17, 15) is 4.79 Å². The fourth-order valence-corrected chi connectivity index (χ4v) is 1.54. The molecule has 0 fully saturated rings. The number of esters is 1. The van der Waals surface area contributed by atoms with E-state index in [2.05, 4.69) is 10.8 Å². The van der Waals surface area contributed by atoms with Crippen LogP contribution in [0.5, 0.6) is 0 Å². The first-order valence-electron chi connectivity index (χ1n) is 5.74. The van der Waals surface area contributed by atoms with E-state index in [1.54, 1.807) is 31.2 Å². The highest BCUT2D eigenvalue weighted by Gasteiger charge is 2.09. The Hall–Kier alpha value is -2.23. The lowest BCUT2D eigenvalue weighted by Gasteiger charge is -2.08. The minimum absolute atomic E-state index is 0.137. The van der Waals surface area contributed by atoms with E-state index in [1.165, 1.54) is 13.3 Å². The lowest BCUT2D eigenvalue weighted by atomic mass is 10.2. The molecule has 0 unspecified atom stereocenters. The van der Waals surface area contributed by atoms with Gasteiger partial charge >= 0.3 is 5.97 Å². The summed E-state index contributed by atoms with van der Waals surface area (Å²) in [4.78, 5) is 16.2. The maximum Gasteiger partial charge on any atom is 0.350 e. The molecule has 2 N–H and O–H groups in total. The largest absolute Gasteiger partial charge is 0.462 e. The molecule has 7 heteroatoms. The Labute approximate surface area is 121 Å². The van der Waals surface area contributed by atoms with Crippen molar-refractivity contribution in [3.05, 3.63) is 35.0 Å². The van der Waals surface area contributed by atoms with Crippen molar-refractivity contribution in [1.82, 2.24) is 0 Å². The first-order valence-corrected chi connectivity index (χ1v) is 6.12. The van der Waals surface area contributed by atoms with Crippen LogP contribution in [0.15, 0.2) is 30.0 Å². The van der Waals surface area contributed by atoms with E-state index in [0.29, 0.717) is 16.4 Å². The van der Waals surface area contributed by atoms with E-state index >= 15 is 0 Å². The molecule has 0 heterocycles. The number of halogens is 1. The second kappa shape index (κ2) is 8.04. The van der Waals surface area contributed by atoms with Crippen molar-refractivity contribution in [3.63, 3.8) is 0 Å². The average molecular weight is 296 g/mol. The van der Waals surface area contributed by atoms with Crippen LogP contribution in [-0.2, 0) is 14.4 Å². The van der Waals surface area contributed by atoms with Gasteiger partial charge in [0.15, 0.2) is 5.57 Å². The molecule has 0 saturated heterocycles. The summed E-state index contributed by atoms with van der Waals surface area (Å²) in [5.41, 5.74) is 3.72. The Morgan fingerprint density at radius 1 is 1.55 bits per heavy atom. The van der Waals surface area contributed by atoms with Crippen LogP contribution < -0.4 is 10.8 Å². The molecule has 0 saturated carbocycles. The molecule has 0 atom stereocenters.